The summed E-state index contributed by atoms with van der Waals surface area (Å²) in [6, 6.07) is 25.9. The molecular formula is C26H22N4O3. The van der Waals surface area contributed by atoms with Gasteiger partial charge in [0.2, 0.25) is 0 Å². The second kappa shape index (κ2) is 10.2. The molecule has 0 fully saturated rings. The number of hydrogen-bond donors (Lipinski definition) is 2. The number of hydrazone groups is 1. The van der Waals surface area contributed by atoms with E-state index in [1.807, 2.05) is 91.9 Å². The number of benzene rings is 3. The van der Waals surface area contributed by atoms with Crippen molar-refractivity contribution >= 4 is 12.1 Å². The van der Waals surface area contributed by atoms with Crippen LogP contribution in [0.5, 0.6) is 5.75 Å². The van der Waals surface area contributed by atoms with Crippen molar-refractivity contribution in [3.05, 3.63) is 106 Å². The summed E-state index contributed by atoms with van der Waals surface area (Å²) in [5.74, 6) is 0.0101. The molecule has 0 aliphatic rings. The lowest BCUT2D eigenvalue weighted by atomic mass is 9.95. The van der Waals surface area contributed by atoms with E-state index in [2.05, 4.69) is 20.7 Å². The van der Waals surface area contributed by atoms with Crippen LogP contribution in [0.1, 0.15) is 22.8 Å². The molecule has 0 atom stereocenters. The summed E-state index contributed by atoms with van der Waals surface area (Å²) in [6.45, 7) is 2.40. The van der Waals surface area contributed by atoms with Crippen molar-refractivity contribution in [2.45, 2.75) is 6.92 Å². The highest BCUT2D eigenvalue weighted by Gasteiger charge is 2.22. The van der Waals surface area contributed by atoms with Crippen molar-refractivity contribution < 1.29 is 9.53 Å². The van der Waals surface area contributed by atoms with Crippen molar-refractivity contribution in [3.8, 4) is 28.1 Å². The topological polar surface area (TPSA) is 96.4 Å². The first kappa shape index (κ1) is 21.7. The van der Waals surface area contributed by atoms with Crippen molar-refractivity contribution in [2.24, 2.45) is 5.10 Å². The minimum atomic E-state index is -0.639. The van der Waals surface area contributed by atoms with Gasteiger partial charge < -0.3 is 4.74 Å². The van der Waals surface area contributed by atoms with E-state index >= 15 is 0 Å². The van der Waals surface area contributed by atoms with Gasteiger partial charge in [-0.1, -0.05) is 72.8 Å². The SMILES string of the molecule is CCOc1ccccc1/C=N/NC(=O)c1c(-c2ccccc2)c(-c2ccccc2)n[nH]c1=O. The third-order valence-corrected chi connectivity index (χ3v) is 4.91. The molecule has 7 nitrogen and oxygen atoms in total. The zero-order chi connectivity index (χ0) is 23.0. The van der Waals surface area contributed by atoms with E-state index in [1.165, 1.54) is 6.21 Å². The largest absolute Gasteiger partial charge is 0.493 e. The van der Waals surface area contributed by atoms with Gasteiger partial charge in [0.25, 0.3) is 11.5 Å². The number of H-pyrrole nitrogens is 1. The summed E-state index contributed by atoms with van der Waals surface area (Å²) in [4.78, 5) is 25.9. The number of para-hydroxylation sites is 1. The Bertz CT molecular complexity index is 1330. The van der Waals surface area contributed by atoms with Crippen molar-refractivity contribution in [1.29, 1.82) is 0 Å². The Hall–Kier alpha value is -4.52. The Labute approximate surface area is 190 Å². The molecule has 33 heavy (non-hydrogen) atoms. The fraction of sp³-hybridized carbons (Fsp3) is 0.0769. The average Bonchev–Trinajstić information content (AvgIpc) is 2.86. The first-order chi connectivity index (χ1) is 16.2. The van der Waals surface area contributed by atoms with Crippen LogP contribution in [0.2, 0.25) is 0 Å². The van der Waals surface area contributed by atoms with E-state index in [1.54, 1.807) is 0 Å². The molecule has 0 spiro atoms. The van der Waals surface area contributed by atoms with Gasteiger partial charge in [0.05, 0.1) is 18.5 Å². The standard InChI is InChI=1S/C26H22N4O3/c1-2-33-21-16-10-9-15-20(21)17-27-29-25(31)23-22(18-11-5-3-6-12-18)24(28-30-26(23)32)19-13-7-4-8-14-19/h3-17H,2H2,1H3,(H,29,31)(H,30,32)/b27-17+. The third kappa shape index (κ3) is 4.88. The molecule has 164 valence electrons. The van der Waals surface area contributed by atoms with Crippen LogP contribution in [0.25, 0.3) is 22.4 Å². The molecule has 4 rings (SSSR count). The maximum atomic E-state index is 13.1. The smallest absolute Gasteiger partial charge is 0.277 e. The van der Waals surface area contributed by atoms with Crippen LogP contribution in [-0.4, -0.2) is 28.9 Å². The van der Waals surface area contributed by atoms with Crippen LogP contribution in [0.15, 0.2) is 94.8 Å². The Morgan fingerprint density at radius 3 is 2.30 bits per heavy atom. The minimum Gasteiger partial charge on any atom is -0.493 e. The average molecular weight is 438 g/mol. The van der Waals surface area contributed by atoms with Gasteiger partial charge in [-0.15, -0.1) is 0 Å². The zero-order valence-electron chi connectivity index (χ0n) is 18.0. The van der Waals surface area contributed by atoms with Crippen LogP contribution >= 0.6 is 0 Å². The summed E-state index contributed by atoms with van der Waals surface area (Å²) in [5.41, 5.74) is 4.92. The summed E-state index contributed by atoms with van der Waals surface area (Å²) in [7, 11) is 0. The lowest BCUT2D eigenvalue weighted by Crippen LogP contribution is -2.28. The second-order valence-corrected chi connectivity index (χ2v) is 7.05. The van der Waals surface area contributed by atoms with Crippen molar-refractivity contribution in [1.82, 2.24) is 15.6 Å². The van der Waals surface area contributed by atoms with Gasteiger partial charge in [-0.25, -0.2) is 10.5 Å². The fourth-order valence-corrected chi connectivity index (χ4v) is 3.45. The number of aromatic nitrogens is 2. The molecule has 7 heteroatoms. The van der Waals surface area contributed by atoms with E-state index in [4.69, 9.17) is 4.74 Å². The molecule has 0 aliphatic carbocycles. The molecule has 1 amide bonds. The number of ether oxygens (including phenoxy) is 1. The highest BCUT2D eigenvalue weighted by atomic mass is 16.5. The summed E-state index contributed by atoms with van der Waals surface area (Å²) >= 11 is 0. The Balaban J connectivity index is 1.74. The Morgan fingerprint density at radius 2 is 1.61 bits per heavy atom. The van der Waals surface area contributed by atoms with E-state index in [9.17, 15) is 9.59 Å². The number of amides is 1. The molecule has 1 aromatic heterocycles. The molecule has 0 bridgehead atoms. The molecule has 4 aromatic rings. The Kier molecular flexibility index (Phi) is 6.70. The number of hydrogen-bond acceptors (Lipinski definition) is 5. The summed E-state index contributed by atoms with van der Waals surface area (Å²) in [6.07, 6.45) is 1.48. The first-order valence-corrected chi connectivity index (χ1v) is 10.5. The molecule has 1 heterocycles. The monoisotopic (exact) mass is 438 g/mol. The number of nitrogens with zero attached hydrogens (tertiary/aromatic N) is 2. The number of carbonyl (C=O) groups is 1. The van der Waals surface area contributed by atoms with Crippen LogP contribution in [-0.2, 0) is 0 Å². The van der Waals surface area contributed by atoms with Gasteiger partial charge in [-0.2, -0.15) is 10.2 Å². The zero-order valence-corrected chi connectivity index (χ0v) is 18.0. The number of aromatic amines is 1. The van der Waals surface area contributed by atoms with Crippen LogP contribution in [0, 0.1) is 0 Å². The van der Waals surface area contributed by atoms with E-state index in [-0.39, 0.29) is 5.56 Å². The number of rotatable bonds is 7. The molecule has 0 aliphatic heterocycles. The van der Waals surface area contributed by atoms with Crippen LogP contribution in [0.3, 0.4) is 0 Å². The molecule has 0 saturated heterocycles. The van der Waals surface area contributed by atoms with Gasteiger partial charge in [-0.3, -0.25) is 9.59 Å². The summed E-state index contributed by atoms with van der Waals surface area (Å²) < 4.78 is 5.57. The van der Waals surface area contributed by atoms with Gasteiger partial charge in [0.15, 0.2) is 0 Å². The molecule has 3 aromatic carbocycles. The highest BCUT2D eigenvalue weighted by molar-refractivity contribution is 6.03. The number of nitrogens with one attached hydrogen (secondary N) is 2. The van der Waals surface area contributed by atoms with Crippen molar-refractivity contribution in [3.63, 3.8) is 0 Å². The highest BCUT2D eigenvalue weighted by Crippen LogP contribution is 2.31. The molecular weight excluding hydrogens is 416 g/mol. The Morgan fingerprint density at radius 1 is 0.970 bits per heavy atom. The third-order valence-electron chi connectivity index (χ3n) is 4.91. The fourth-order valence-electron chi connectivity index (χ4n) is 3.45. The van der Waals surface area contributed by atoms with E-state index < -0.39 is 11.5 Å². The molecule has 2 N–H and O–H groups in total. The van der Waals surface area contributed by atoms with Crippen LogP contribution < -0.4 is 15.7 Å². The molecule has 0 radical (unpaired) electrons. The van der Waals surface area contributed by atoms with Gasteiger partial charge in [0, 0.05) is 16.7 Å². The predicted octanol–water partition coefficient (Wildman–Crippen LogP) is 4.27. The van der Waals surface area contributed by atoms with E-state index in [0.717, 1.165) is 5.56 Å². The minimum absolute atomic E-state index is 0.0645. The maximum Gasteiger partial charge on any atom is 0.277 e. The lowest BCUT2D eigenvalue weighted by molar-refractivity contribution is 0.0954. The maximum absolute atomic E-state index is 13.1. The quantitative estimate of drug-likeness (QED) is 0.333. The second-order valence-electron chi connectivity index (χ2n) is 7.05. The van der Waals surface area contributed by atoms with Crippen molar-refractivity contribution in [2.75, 3.05) is 6.61 Å². The molecule has 0 saturated carbocycles. The normalized spacial score (nSPS) is 10.8. The van der Waals surface area contributed by atoms with Gasteiger partial charge in [-0.05, 0) is 24.6 Å². The van der Waals surface area contributed by atoms with Gasteiger partial charge in [0.1, 0.15) is 11.3 Å². The predicted molar refractivity (Wildman–Crippen MR) is 128 cm³/mol. The molecule has 0 unspecified atom stereocenters. The van der Waals surface area contributed by atoms with E-state index in [0.29, 0.717) is 34.7 Å². The lowest BCUT2D eigenvalue weighted by Gasteiger charge is -2.13. The van der Waals surface area contributed by atoms with Gasteiger partial charge >= 0.3 is 0 Å². The number of carbonyl (C=O) groups excluding carboxylic acids is 1. The van der Waals surface area contributed by atoms with Crippen LogP contribution in [0.4, 0.5) is 0 Å². The summed E-state index contributed by atoms with van der Waals surface area (Å²) in [5, 5.41) is 10.8. The first-order valence-electron chi connectivity index (χ1n) is 10.5.